The van der Waals surface area contributed by atoms with Gasteiger partial charge in [0.2, 0.25) is 0 Å². The zero-order chi connectivity index (χ0) is 20.8. The van der Waals surface area contributed by atoms with E-state index in [1.165, 1.54) is 5.56 Å². The van der Waals surface area contributed by atoms with Gasteiger partial charge in [-0.05, 0) is 26.0 Å². The predicted octanol–water partition coefficient (Wildman–Crippen LogP) is 2.40. The fourth-order valence-corrected chi connectivity index (χ4v) is 3.51. The van der Waals surface area contributed by atoms with Crippen molar-refractivity contribution in [3.63, 3.8) is 0 Å². The molecular formula is C22H35N7. The van der Waals surface area contributed by atoms with Crippen molar-refractivity contribution in [1.82, 2.24) is 30.3 Å². The third-order valence-corrected chi connectivity index (χ3v) is 5.55. The number of benzene rings is 1. The summed E-state index contributed by atoms with van der Waals surface area (Å²) >= 11 is 0. The van der Waals surface area contributed by atoms with Crippen molar-refractivity contribution in [2.45, 2.75) is 64.7 Å². The van der Waals surface area contributed by atoms with Gasteiger partial charge in [-0.1, -0.05) is 44.2 Å². The third-order valence-electron chi connectivity index (χ3n) is 5.55. The number of nitrogens with zero attached hydrogens (tertiary/aromatic N) is 5. The summed E-state index contributed by atoms with van der Waals surface area (Å²) in [5, 5.41) is 11.7. The Morgan fingerprint density at radius 3 is 2.72 bits per heavy atom. The Morgan fingerprint density at radius 1 is 1.28 bits per heavy atom. The zero-order valence-corrected chi connectivity index (χ0v) is 18.4. The van der Waals surface area contributed by atoms with Gasteiger partial charge in [-0.3, -0.25) is 9.89 Å². The van der Waals surface area contributed by atoms with Gasteiger partial charge in [0.1, 0.15) is 5.82 Å². The van der Waals surface area contributed by atoms with E-state index in [4.69, 9.17) is 0 Å². The molecule has 1 aromatic carbocycles. The average molecular weight is 398 g/mol. The molecule has 0 saturated heterocycles. The molecule has 0 radical (unpaired) electrons. The first-order valence-corrected chi connectivity index (χ1v) is 10.6. The monoisotopic (exact) mass is 397 g/mol. The fraction of sp³-hybridized carbons (Fsp3) is 0.591. The normalized spacial score (nSPS) is 18.0. The lowest BCUT2D eigenvalue weighted by molar-refractivity contribution is 0.249. The standard InChI is InChI=1S/C22H35N7/c1-16(2)21-26-20-12-11-19(15-29(20)27-21)25-22(23-4)24-13-17(3)28(5)14-18-9-7-6-8-10-18/h6-10,16-17,19H,11-15H2,1-5H3,(H2,23,24,25). The summed E-state index contributed by atoms with van der Waals surface area (Å²) < 4.78 is 2.06. The quantitative estimate of drug-likeness (QED) is 0.555. The Bertz CT molecular complexity index is 797. The van der Waals surface area contributed by atoms with E-state index in [1.807, 2.05) is 7.05 Å². The van der Waals surface area contributed by atoms with Crippen LogP contribution in [0.5, 0.6) is 0 Å². The Kier molecular flexibility index (Phi) is 7.25. The van der Waals surface area contributed by atoms with Crippen LogP contribution in [-0.2, 0) is 19.5 Å². The molecule has 2 aromatic rings. The number of fused-ring (bicyclic) bond motifs is 1. The van der Waals surface area contributed by atoms with E-state index in [0.29, 0.717) is 18.0 Å². The van der Waals surface area contributed by atoms with E-state index < -0.39 is 0 Å². The van der Waals surface area contributed by atoms with Gasteiger partial charge in [-0.25, -0.2) is 9.67 Å². The summed E-state index contributed by atoms with van der Waals surface area (Å²) in [5.74, 6) is 3.26. The second-order valence-electron chi connectivity index (χ2n) is 8.31. The van der Waals surface area contributed by atoms with Crippen molar-refractivity contribution >= 4 is 5.96 Å². The van der Waals surface area contributed by atoms with Crippen LogP contribution >= 0.6 is 0 Å². The van der Waals surface area contributed by atoms with Crippen LogP contribution in [0.25, 0.3) is 0 Å². The van der Waals surface area contributed by atoms with Crippen molar-refractivity contribution in [1.29, 1.82) is 0 Å². The molecule has 7 nitrogen and oxygen atoms in total. The van der Waals surface area contributed by atoms with E-state index in [9.17, 15) is 0 Å². The molecule has 29 heavy (non-hydrogen) atoms. The third kappa shape index (κ3) is 5.79. The van der Waals surface area contributed by atoms with Crippen LogP contribution in [0.4, 0.5) is 0 Å². The summed E-state index contributed by atoms with van der Waals surface area (Å²) in [7, 11) is 3.99. The van der Waals surface area contributed by atoms with E-state index in [-0.39, 0.29) is 0 Å². The molecule has 2 atom stereocenters. The maximum Gasteiger partial charge on any atom is 0.191 e. The molecule has 0 fully saturated rings. The Morgan fingerprint density at radius 2 is 2.03 bits per heavy atom. The molecule has 0 saturated carbocycles. The molecule has 7 heteroatoms. The number of guanidine groups is 1. The topological polar surface area (TPSA) is 70.4 Å². The summed E-state index contributed by atoms with van der Waals surface area (Å²) in [6.45, 7) is 9.11. The molecule has 1 aliphatic heterocycles. The molecular weight excluding hydrogens is 362 g/mol. The summed E-state index contributed by atoms with van der Waals surface area (Å²) in [5.41, 5.74) is 1.33. The van der Waals surface area contributed by atoms with E-state index in [2.05, 4.69) is 93.4 Å². The van der Waals surface area contributed by atoms with Gasteiger partial charge in [-0.15, -0.1) is 0 Å². The number of aliphatic imine (C=N–C) groups is 1. The van der Waals surface area contributed by atoms with Gasteiger partial charge in [-0.2, -0.15) is 5.10 Å². The van der Waals surface area contributed by atoms with Gasteiger partial charge in [0.15, 0.2) is 11.8 Å². The van der Waals surface area contributed by atoms with Crippen LogP contribution in [0.1, 0.15) is 50.3 Å². The Balaban J connectivity index is 1.48. The fourth-order valence-electron chi connectivity index (χ4n) is 3.51. The maximum atomic E-state index is 4.67. The molecule has 0 spiro atoms. The molecule has 2 N–H and O–H groups in total. The van der Waals surface area contributed by atoms with Crippen LogP contribution in [0, 0.1) is 0 Å². The minimum absolute atomic E-state index is 0.313. The van der Waals surface area contributed by atoms with Crippen molar-refractivity contribution in [3.8, 4) is 0 Å². The number of aryl methyl sites for hydroxylation is 1. The minimum atomic E-state index is 0.313. The van der Waals surface area contributed by atoms with Crippen molar-refractivity contribution < 1.29 is 0 Å². The summed E-state index contributed by atoms with van der Waals surface area (Å²) in [6.07, 6.45) is 1.99. The molecule has 0 amide bonds. The highest BCUT2D eigenvalue weighted by atomic mass is 15.4. The molecule has 0 bridgehead atoms. The van der Waals surface area contributed by atoms with E-state index >= 15 is 0 Å². The number of hydrogen-bond acceptors (Lipinski definition) is 4. The first kappa shape index (κ1) is 21.3. The molecule has 1 aliphatic rings. The molecule has 0 aliphatic carbocycles. The lowest BCUT2D eigenvalue weighted by atomic mass is 10.1. The Labute approximate surface area is 174 Å². The number of nitrogens with one attached hydrogen (secondary N) is 2. The van der Waals surface area contributed by atoms with Crippen molar-refractivity contribution in [2.75, 3.05) is 20.6 Å². The van der Waals surface area contributed by atoms with Crippen LogP contribution in [-0.4, -0.2) is 58.3 Å². The van der Waals surface area contributed by atoms with Gasteiger partial charge < -0.3 is 10.6 Å². The zero-order valence-electron chi connectivity index (χ0n) is 18.4. The number of likely N-dealkylation sites (N-methyl/N-ethyl adjacent to an activating group) is 1. The van der Waals surface area contributed by atoms with E-state index in [1.54, 1.807) is 0 Å². The molecule has 3 rings (SSSR count). The predicted molar refractivity (Wildman–Crippen MR) is 118 cm³/mol. The maximum absolute atomic E-state index is 4.67. The van der Waals surface area contributed by atoms with Gasteiger partial charge in [0, 0.05) is 44.6 Å². The SMILES string of the molecule is CN=C(NCC(C)N(C)Cc1ccccc1)NC1CCc2nc(C(C)C)nn2C1. The van der Waals surface area contributed by atoms with Crippen molar-refractivity contribution in [3.05, 3.63) is 47.5 Å². The number of hydrogen-bond donors (Lipinski definition) is 2. The lowest BCUT2D eigenvalue weighted by Crippen LogP contribution is -2.49. The van der Waals surface area contributed by atoms with Gasteiger partial charge >= 0.3 is 0 Å². The van der Waals surface area contributed by atoms with Crippen molar-refractivity contribution in [2.24, 2.45) is 4.99 Å². The van der Waals surface area contributed by atoms with Gasteiger partial charge in [0.25, 0.3) is 0 Å². The van der Waals surface area contributed by atoms with Gasteiger partial charge in [0.05, 0.1) is 6.54 Å². The van der Waals surface area contributed by atoms with Crippen LogP contribution < -0.4 is 10.6 Å². The second kappa shape index (κ2) is 9.87. The first-order valence-electron chi connectivity index (χ1n) is 10.6. The minimum Gasteiger partial charge on any atom is -0.355 e. The molecule has 2 heterocycles. The van der Waals surface area contributed by atoms with E-state index in [0.717, 1.165) is 50.1 Å². The molecule has 158 valence electrons. The molecule has 2 unspecified atom stereocenters. The van der Waals surface area contributed by atoms with Crippen LogP contribution in [0.3, 0.4) is 0 Å². The summed E-state index contributed by atoms with van der Waals surface area (Å²) in [4.78, 5) is 11.4. The number of rotatable bonds is 7. The first-order chi connectivity index (χ1) is 14.0. The Hall–Kier alpha value is -2.41. The highest BCUT2D eigenvalue weighted by Gasteiger charge is 2.23. The highest BCUT2D eigenvalue weighted by molar-refractivity contribution is 5.80. The highest BCUT2D eigenvalue weighted by Crippen LogP contribution is 2.17. The molecule has 1 aromatic heterocycles. The average Bonchev–Trinajstić information content (AvgIpc) is 3.15. The number of aromatic nitrogens is 3. The second-order valence-corrected chi connectivity index (χ2v) is 8.31. The smallest absolute Gasteiger partial charge is 0.191 e. The van der Waals surface area contributed by atoms with Crippen LogP contribution in [0.2, 0.25) is 0 Å². The largest absolute Gasteiger partial charge is 0.355 e. The summed E-state index contributed by atoms with van der Waals surface area (Å²) in [6, 6.07) is 11.3. The van der Waals surface area contributed by atoms with Crippen LogP contribution in [0.15, 0.2) is 35.3 Å². The lowest BCUT2D eigenvalue weighted by Gasteiger charge is -2.28.